The molecule has 0 spiro atoms. The van der Waals surface area contributed by atoms with Gasteiger partial charge in [0.2, 0.25) is 0 Å². The minimum absolute atomic E-state index is 0.280. The molecule has 3 aromatic heterocycles. The Balaban J connectivity index is 1.73. The van der Waals surface area contributed by atoms with Crippen LogP contribution in [0.5, 0.6) is 0 Å². The van der Waals surface area contributed by atoms with Crippen LogP contribution in [0.2, 0.25) is 0 Å². The predicted molar refractivity (Wildman–Crippen MR) is 133 cm³/mol. The van der Waals surface area contributed by atoms with Crippen LogP contribution in [0, 0.1) is 6.92 Å². The van der Waals surface area contributed by atoms with Gasteiger partial charge in [0.05, 0.1) is 11.0 Å². The van der Waals surface area contributed by atoms with E-state index in [0.717, 1.165) is 22.2 Å². The number of hydrogen-bond donors (Lipinski definition) is 4. The van der Waals surface area contributed by atoms with Crippen molar-refractivity contribution in [3.8, 4) is 11.4 Å². The Kier molecular flexibility index (Phi) is 5.49. The Morgan fingerprint density at radius 1 is 1.03 bits per heavy atom. The molecular weight excluding hydrogens is 429 g/mol. The number of hydrogen-bond acceptors (Lipinski definition) is 6. The second kappa shape index (κ2) is 8.62. The van der Waals surface area contributed by atoms with Crippen molar-refractivity contribution in [3.63, 3.8) is 0 Å². The standard InChI is InChI=1S/C25H22BN5O3/c1-15-14-31-19(11-6-12-20(31)23(27)32)21(15)25-29-22-17(9-5-10-18(22)26(33)34)24(30-25)28-13-16-7-3-2-4-8-16/h2-12,14,33-34H,13H2,1H3,(H2,27,32)(H,28,29,30). The van der Waals surface area contributed by atoms with E-state index < -0.39 is 13.0 Å². The molecule has 1 amide bonds. The molecule has 168 valence electrons. The van der Waals surface area contributed by atoms with Gasteiger partial charge in [0.25, 0.3) is 5.91 Å². The maximum atomic E-state index is 11.9. The van der Waals surface area contributed by atoms with Crippen molar-refractivity contribution in [2.45, 2.75) is 13.5 Å². The lowest BCUT2D eigenvalue weighted by Crippen LogP contribution is -2.31. The molecule has 0 saturated heterocycles. The van der Waals surface area contributed by atoms with E-state index in [0.29, 0.717) is 34.8 Å². The number of amides is 1. The number of fused-ring (bicyclic) bond motifs is 2. The highest BCUT2D eigenvalue weighted by Gasteiger charge is 2.22. The summed E-state index contributed by atoms with van der Waals surface area (Å²) in [5.74, 6) is 0.427. The van der Waals surface area contributed by atoms with E-state index in [1.807, 2.05) is 55.6 Å². The zero-order chi connectivity index (χ0) is 23.8. The van der Waals surface area contributed by atoms with Gasteiger partial charge in [-0.1, -0.05) is 48.5 Å². The lowest BCUT2D eigenvalue weighted by atomic mass is 9.79. The summed E-state index contributed by atoms with van der Waals surface area (Å²) in [6, 6.07) is 20.4. The van der Waals surface area contributed by atoms with E-state index >= 15 is 0 Å². The first kappa shape index (κ1) is 21.6. The summed E-state index contributed by atoms with van der Waals surface area (Å²) < 4.78 is 1.73. The molecule has 0 radical (unpaired) electrons. The van der Waals surface area contributed by atoms with Gasteiger partial charge in [-0.2, -0.15) is 0 Å². The molecule has 5 rings (SSSR count). The van der Waals surface area contributed by atoms with Crippen LogP contribution in [-0.4, -0.2) is 37.4 Å². The first-order valence-electron chi connectivity index (χ1n) is 10.8. The number of nitrogens with zero attached hydrogens (tertiary/aromatic N) is 3. The maximum absolute atomic E-state index is 11.9. The third-order valence-corrected chi connectivity index (χ3v) is 5.82. The lowest BCUT2D eigenvalue weighted by molar-refractivity contribution is 0.0994. The van der Waals surface area contributed by atoms with E-state index in [2.05, 4.69) is 5.32 Å². The molecule has 0 bridgehead atoms. The fraction of sp³-hybridized carbons (Fsp3) is 0.0800. The molecular formula is C25H22BN5O3. The van der Waals surface area contributed by atoms with Gasteiger partial charge in [-0.15, -0.1) is 0 Å². The average molecular weight is 451 g/mol. The fourth-order valence-electron chi connectivity index (χ4n) is 4.23. The number of benzene rings is 2. The zero-order valence-electron chi connectivity index (χ0n) is 18.4. The molecule has 5 aromatic rings. The number of rotatable bonds is 6. The summed E-state index contributed by atoms with van der Waals surface area (Å²) >= 11 is 0. The van der Waals surface area contributed by atoms with Gasteiger partial charge in [-0.25, -0.2) is 9.97 Å². The van der Waals surface area contributed by atoms with Crippen LogP contribution in [-0.2, 0) is 6.54 Å². The molecule has 3 heterocycles. The van der Waals surface area contributed by atoms with E-state index in [9.17, 15) is 14.8 Å². The SMILES string of the molecule is Cc1cn2c(C(N)=O)cccc2c1-c1nc(NCc2ccccc2)c2cccc(B(O)O)c2n1. The number of anilines is 1. The molecule has 9 heteroatoms. The van der Waals surface area contributed by atoms with Gasteiger partial charge in [0.1, 0.15) is 11.5 Å². The molecule has 0 atom stereocenters. The molecule has 0 aliphatic heterocycles. The van der Waals surface area contributed by atoms with Gasteiger partial charge >= 0.3 is 7.12 Å². The fourth-order valence-corrected chi connectivity index (χ4v) is 4.23. The van der Waals surface area contributed by atoms with Crippen molar-refractivity contribution >= 4 is 40.7 Å². The highest BCUT2D eigenvalue weighted by atomic mass is 16.4. The second-order valence-electron chi connectivity index (χ2n) is 8.07. The largest absolute Gasteiger partial charge is 0.490 e. The predicted octanol–water partition coefficient (Wildman–Crippen LogP) is 2.25. The summed E-state index contributed by atoms with van der Waals surface area (Å²) in [7, 11) is -1.69. The summed E-state index contributed by atoms with van der Waals surface area (Å²) in [6.45, 7) is 2.43. The molecule has 5 N–H and O–H groups in total. The third-order valence-electron chi connectivity index (χ3n) is 5.82. The molecule has 0 fully saturated rings. The number of nitrogens with one attached hydrogen (secondary N) is 1. The van der Waals surface area contributed by atoms with E-state index in [4.69, 9.17) is 15.7 Å². The summed E-state index contributed by atoms with van der Waals surface area (Å²) in [5.41, 5.74) is 10.0. The minimum Gasteiger partial charge on any atom is -0.423 e. The van der Waals surface area contributed by atoms with E-state index in [1.165, 1.54) is 0 Å². The summed E-state index contributed by atoms with van der Waals surface area (Å²) in [6.07, 6.45) is 1.82. The van der Waals surface area contributed by atoms with Crippen LogP contribution in [0.15, 0.2) is 72.9 Å². The second-order valence-corrected chi connectivity index (χ2v) is 8.07. The highest BCUT2D eigenvalue weighted by molar-refractivity contribution is 6.61. The van der Waals surface area contributed by atoms with Crippen LogP contribution < -0.4 is 16.5 Å². The van der Waals surface area contributed by atoms with Crippen LogP contribution in [0.4, 0.5) is 5.82 Å². The van der Waals surface area contributed by atoms with Crippen molar-refractivity contribution in [3.05, 3.63) is 89.7 Å². The lowest BCUT2D eigenvalue weighted by Gasteiger charge is -2.14. The van der Waals surface area contributed by atoms with E-state index in [-0.39, 0.29) is 5.46 Å². The Morgan fingerprint density at radius 3 is 2.53 bits per heavy atom. The van der Waals surface area contributed by atoms with Crippen molar-refractivity contribution in [2.75, 3.05) is 5.32 Å². The third kappa shape index (κ3) is 3.77. The molecule has 0 aliphatic rings. The normalized spacial score (nSPS) is 11.1. The van der Waals surface area contributed by atoms with E-state index in [1.54, 1.807) is 28.7 Å². The molecule has 0 unspecified atom stereocenters. The minimum atomic E-state index is -1.69. The molecule has 0 aliphatic carbocycles. The topological polar surface area (TPSA) is 126 Å². The van der Waals surface area contributed by atoms with Gasteiger partial charge in [0, 0.05) is 29.2 Å². The molecule has 0 saturated carbocycles. The molecule has 2 aromatic carbocycles. The number of carbonyl (C=O) groups is 1. The van der Waals surface area contributed by atoms with Crippen molar-refractivity contribution in [1.82, 2.24) is 14.4 Å². The number of aryl methyl sites for hydroxylation is 1. The number of pyridine rings is 1. The molecule has 34 heavy (non-hydrogen) atoms. The van der Waals surface area contributed by atoms with Gasteiger partial charge in [-0.05, 0) is 36.2 Å². The van der Waals surface area contributed by atoms with Crippen molar-refractivity contribution < 1.29 is 14.8 Å². The quantitative estimate of drug-likeness (QED) is 0.294. The Bertz CT molecular complexity index is 1530. The zero-order valence-corrected chi connectivity index (χ0v) is 18.4. The summed E-state index contributed by atoms with van der Waals surface area (Å²) in [5, 5.41) is 24.0. The smallest absolute Gasteiger partial charge is 0.423 e. The summed E-state index contributed by atoms with van der Waals surface area (Å²) in [4.78, 5) is 21.5. The van der Waals surface area contributed by atoms with Crippen LogP contribution in [0.25, 0.3) is 27.8 Å². The number of carbonyl (C=O) groups excluding carboxylic acids is 1. The Labute approximate surface area is 195 Å². The Morgan fingerprint density at radius 2 is 1.79 bits per heavy atom. The van der Waals surface area contributed by atoms with Gasteiger partial charge in [0.15, 0.2) is 5.82 Å². The number of nitrogens with two attached hydrogens (primary N) is 1. The average Bonchev–Trinajstić information content (AvgIpc) is 3.18. The number of aromatic nitrogens is 3. The maximum Gasteiger partial charge on any atom is 0.490 e. The first-order valence-corrected chi connectivity index (χ1v) is 10.8. The monoisotopic (exact) mass is 451 g/mol. The van der Waals surface area contributed by atoms with Crippen molar-refractivity contribution in [1.29, 1.82) is 0 Å². The number of primary amides is 1. The van der Waals surface area contributed by atoms with Crippen molar-refractivity contribution in [2.24, 2.45) is 5.73 Å². The number of para-hydroxylation sites is 1. The molecule has 8 nitrogen and oxygen atoms in total. The van der Waals surface area contributed by atoms with Crippen LogP contribution >= 0.6 is 0 Å². The first-order chi connectivity index (χ1) is 16.4. The Hall–Kier alpha value is -4.21. The van der Waals surface area contributed by atoms with Gasteiger partial charge < -0.3 is 25.5 Å². The van der Waals surface area contributed by atoms with Crippen LogP contribution in [0.1, 0.15) is 21.6 Å². The van der Waals surface area contributed by atoms with Crippen LogP contribution in [0.3, 0.4) is 0 Å². The van der Waals surface area contributed by atoms with Gasteiger partial charge in [-0.3, -0.25) is 4.79 Å². The highest BCUT2D eigenvalue weighted by Crippen LogP contribution is 2.31.